The molecular formula is C11H22N2O2. The van der Waals surface area contributed by atoms with Gasteiger partial charge in [0.2, 0.25) is 5.91 Å². The first-order chi connectivity index (χ1) is 6.79. The number of amides is 1. The fraction of sp³-hybridized carbons (Fsp3) is 0.909. The first kappa shape index (κ1) is 12.5. The van der Waals surface area contributed by atoms with E-state index in [0.717, 1.165) is 12.8 Å². The minimum absolute atomic E-state index is 0.00163. The van der Waals surface area contributed by atoms with E-state index in [9.17, 15) is 9.90 Å². The molecule has 15 heavy (non-hydrogen) atoms. The third kappa shape index (κ3) is 4.62. The van der Waals surface area contributed by atoms with Crippen LogP contribution < -0.4 is 5.73 Å². The van der Waals surface area contributed by atoms with Gasteiger partial charge in [-0.05, 0) is 32.6 Å². The van der Waals surface area contributed by atoms with Gasteiger partial charge in [-0.1, -0.05) is 0 Å². The van der Waals surface area contributed by atoms with Crippen LogP contribution in [0.15, 0.2) is 0 Å². The van der Waals surface area contributed by atoms with Crippen molar-refractivity contribution in [1.29, 1.82) is 0 Å². The minimum Gasteiger partial charge on any atom is -0.389 e. The Hall–Kier alpha value is -0.610. The lowest BCUT2D eigenvalue weighted by Gasteiger charge is -2.26. The fourth-order valence-corrected chi connectivity index (χ4v) is 1.72. The molecule has 0 aromatic carbocycles. The average molecular weight is 214 g/mol. The Balaban J connectivity index is 2.32. The zero-order valence-electron chi connectivity index (χ0n) is 9.86. The van der Waals surface area contributed by atoms with Crippen molar-refractivity contribution >= 4 is 5.91 Å². The van der Waals surface area contributed by atoms with Gasteiger partial charge in [0, 0.05) is 26.1 Å². The number of rotatable bonds is 5. The summed E-state index contributed by atoms with van der Waals surface area (Å²) in [4.78, 5) is 13.3. The summed E-state index contributed by atoms with van der Waals surface area (Å²) in [6, 6.07) is 0.00163. The topological polar surface area (TPSA) is 66.6 Å². The number of carbonyl (C=O) groups is 1. The molecule has 0 aromatic heterocycles. The van der Waals surface area contributed by atoms with Crippen LogP contribution in [0.5, 0.6) is 0 Å². The molecule has 1 aliphatic carbocycles. The summed E-state index contributed by atoms with van der Waals surface area (Å²) in [7, 11) is 1.71. The van der Waals surface area contributed by atoms with Crippen molar-refractivity contribution in [3.8, 4) is 0 Å². The third-order valence-corrected chi connectivity index (χ3v) is 2.69. The van der Waals surface area contributed by atoms with Crippen LogP contribution in [0, 0.1) is 5.92 Å². The van der Waals surface area contributed by atoms with Crippen LogP contribution in [0.2, 0.25) is 0 Å². The monoisotopic (exact) mass is 214 g/mol. The van der Waals surface area contributed by atoms with Crippen molar-refractivity contribution in [2.45, 2.75) is 44.8 Å². The molecule has 0 bridgehead atoms. The van der Waals surface area contributed by atoms with Gasteiger partial charge in [0.15, 0.2) is 0 Å². The zero-order chi connectivity index (χ0) is 11.6. The maximum atomic E-state index is 11.7. The molecule has 1 amide bonds. The number of nitrogens with two attached hydrogens (primary N) is 1. The Bertz CT molecular complexity index is 231. The molecule has 0 saturated heterocycles. The van der Waals surface area contributed by atoms with Crippen molar-refractivity contribution in [3.63, 3.8) is 0 Å². The van der Waals surface area contributed by atoms with Crippen molar-refractivity contribution in [3.05, 3.63) is 0 Å². The van der Waals surface area contributed by atoms with E-state index < -0.39 is 5.60 Å². The van der Waals surface area contributed by atoms with E-state index in [2.05, 4.69) is 0 Å². The van der Waals surface area contributed by atoms with Crippen molar-refractivity contribution in [1.82, 2.24) is 4.90 Å². The second-order valence-corrected chi connectivity index (χ2v) is 5.27. The molecule has 1 rings (SSSR count). The minimum atomic E-state index is -0.839. The maximum absolute atomic E-state index is 11.7. The van der Waals surface area contributed by atoms with Gasteiger partial charge in [0.1, 0.15) is 0 Å². The molecule has 88 valence electrons. The number of carbonyl (C=O) groups excluding carboxylic acids is 1. The van der Waals surface area contributed by atoms with Crippen molar-refractivity contribution < 1.29 is 9.90 Å². The predicted octanol–water partition coefficient (Wildman–Crippen LogP) is 0.343. The number of hydrogen-bond donors (Lipinski definition) is 2. The number of hydrogen-bond acceptors (Lipinski definition) is 3. The molecule has 1 fully saturated rings. The first-order valence-corrected chi connectivity index (χ1v) is 5.51. The van der Waals surface area contributed by atoms with Crippen LogP contribution in [-0.2, 0) is 4.79 Å². The molecule has 1 unspecified atom stereocenters. The van der Waals surface area contributed by atoms with E-state index in [4.69, 9.17) is 5.73 Å². The van der Waals surface area contributed by atoms with Crippen LogP contribution in [0.25, 0.3) is 0 Å². The zero-order valence-corrected chi connectivity index (χ0v) is 9.86. The van der Waals surface area contributed by atoms with Crippen molar-refractivity contribution in [2.75, 3.05) is 13.6 Å². The van der Waals surface area contributed by atoms with Gasteiger partial charge >= 0.3 is 0 Å². The average Bonchev–Trinajstić information content (AvgIpc) is 2.82. The highest BCUT2D eigenvalue weighted by atomic mass is 16.3. The summed E-state index contributed by atoms with van der Waals surface area (Å²) in [5, 5.41) is 9.57. The van der Waals surface area contributed by atoms with Gasteiger partial charge in [-0.25, -0.2) is 0 Å². The van der Waals surface area contributed by atoms with Crippen LogP contribution in [-0.4, -0.2) is 41.1 Å². The lowest BCUT2D eigenvalue weighted by Crippen LogP contribution is -2.42. The van der Waals surface area contributed by atoms with E-state index in [0.29, 0.717) is 18.9 Å². The van der Waals surface area contributed by atoms with Gasteiger partial charge in [0.25, 0.3) is 0 Å². The van der Waals surface area contributed by atoms with E-state index in [1.165, 1.54) is 0 Å². The molecule has 0 heterocycles. The lowest BCUT2D eigenvalue weighted by atomic mass is 10.1. The second-order valence-electron chi connectivity index (χ2n) is 5.27. The van der Waals surface area contributed by atoms with Gasteiger partial charge in [0.05, 0.1) is 5.60 Å². The van der Waals surface area contributed by atoms with E-state index in [1.807, 2.05) is 0 Å². The smallest absolute Gasteiger partial charge is 0.223 e. The maximum Gasteiger partial charge on any atom is 0.223 e. The summed E-state index contributed by atoms with van der Waals surface area (Å²) in [6.07, 6.45) is 2.71. The van der Waals surface area contributed by atoms with Crippen LogP contribution in [0.1, 0.15) is 33.1 Å². The largest absolute Gasteiger partial charge is 0.389 e. The predicted molar refractivity (Wildman–Crippen MR) is 59.3 cm³/mol. The molecule has 0 aromatic rings. The molecule has 0 spiro atoms. The number of nitrogens with zero attached hydrogens (tertiary/aromatic N) is 1. The summed E-state index contributed by atoms with van der Waals surface area (Å²) in [5.74, 6) is 0.570. The summed E-state index contributed by atoms with van der Waals surface area (Å²) in [6.45, 7) is 3.73. The first-order valence-electron chi connectivity index (χ1n) is 5.51. The Morgan fingerprint density at radius 2 is 2.13 bits per heavy atom. The van der Waals surface area contributed by atoms with Crippen LogP contribution in [0.3, 0.4) is 0 Å². The summed E-state index contributed by atoms with van der Waals surface area (Å²) < 4.78 is 0. The molecule has 4 nitrogen and oxygen atoms in total. The fourth-order valence-electron chi connectivity index (χ4n) is 1.72. The molecular weight excluding hydrogens is 192 g/mol. The van der Waals surface area contributed by atoms with E-state index in [1.54, 1.807) is 25.8 Å². The Labute approximate surface area is 91.4 Å². The van der Waals surface area contributed by atoms with Gasteiger partial charge in [-0.2, -0.15) is 0 Å². The summed E-state index contributed by atoms with van der Waals surface area (Å²) >= 11 is 0. The molecule has 1 aliphatic rings. The van der Waals surface area contributed by atoms with Gasteiger partial charge < -0.3 is 15.7 Å². The van der Waals surface area contributed by atoms with Crippen molar-refractivity contribution in [2.24, 2.45) is 11.7 Å². The normalized spacial score (nSPS) is 18.7. The lowest BCUT2D eigenvalue weighted by molar-refractivity contribution is -0.133. The van der Waals surface area contributed by atoms with E-state index >= 15 is 0 Å². The molecule has 1 atom stereocenters. The molecule has 0 radical (unpaired) electrons. The van der Waals surface area contributed by atoms with Gasteiger partial charge in [-0.15, -0.1) is 0 Å². The highest BCUT2D eigenvalue weighted by Crippen LogP contribution is 2.32. The molecule has 4 heteroatoms. The quantitative estimate of drug-likeness (QED) is 0.693. The summed E-state index contributed by atoms with van der Waals surface area (Å²) in [5.41, 5.74) is 5.03. The van der Waals surface area contributed by atoms with Gasteiger partial charge in [-0.3, -0.25) is 4.79 Å². The molecule has 1 saturated carbocycles. The standard InChI is InChI=1S/C11H22N2O2/c1-11(2,15)7-13(3)10(14)6-9(12)8-4-5-8/h8-9,15H,4-7,12H2,1-3H3. The number of likely N-dealkylation sites (N-methyl/N-ethyl adjacent to an activating group) is 1. The highest BCUT2D eigenvalue weighted by Gasteiger charge is 2.31. The number of aliphatic hydroxyl groups is 1. The van der Waals surface area contributed by atoms with Crippen LogP contribution in [0.4, 0.5) is 0 Å². The third-order valence-electron chi connectivity index (χ3n) is 2.69. The highest BCUT2D eigenvalue weighted by molar-refractivity contribution is 5.76. The molecule has 0 aliphatic heterocycles. The van der Waals surface area contributed by atoms with E-state index in [-0.39, 0.29) is 11.9 Å². The van der Waals surface area contributed by atoms with Crippen LogP contribution >= 0.6 is 0 Å². The SMILES string of the molecule is CN(CC(C)(C)O)C(=O)CC(N)C1CC1. The second kappa shape index (κ2) is 4.49. The Kier molecular flexibility index (Phi) is 3.73. The molecule has 3 N–H and O–H groups in total. The Morgan fingerprint density at radius 3 is 2.53 bits per heavy atom. The Morgan fingerprint density at radius 1 is 1.60 bits per heavy atom.